The van der Waals surface area contributed by atoms with E-state index in [9.17, 15) is 4.79 Å². The number of nitriles is 1. The van der Waals surface area contributed by atoms with Crippen molar-refractivity contribution >= 4 is 5.91 Å². The lowest BCUT2D eigenvalue weighted by atomic mass is 9.91. The van der Waals surface area contributed by atoms with Gasteiger partial charge in [0.2, 0.25) is 0 Å². The van der Waals surface area contributed by atoms with Crippen molar-refractivity contribution in [2.75, 3.05) is 34.5 Å². The van der Waals surface area contributed by atoms with Gasteiger partial charge < -0.3 is 23.8 Å². The minimum Gasteiger partial charge on any atom is -0.497 e. The van der Waals surface area contributed by atoms with E-state index in [1.54, 1.807) is 45.6 Å². The molecule has 3 aromatic rings. The fraction of sp³-hybridized carbons (Fsp3) is 0.259. The highest BCUT2D eigenvalue weighted by Crippen LogP contribution is 2.39. The van der Waals surface area contributed by atoms with Gasteiger partial charge in [-0.1, -0.05) is 0 Å². The Labute approximate surface area is 199 Å². The van der Waals surface area contributed by atoms with Crippen molar-refractivity contribution in [3.8, 4) is 29.1 Å². The van der Waals surface area contributed by atoms with Crippen LogP contribution in [0.1, 0.15) is 33.1 Å². The molecule has 0 bridgehead atoms. The molecule has 0 radical (unpaired) electrons. The molecule has 0 spiro atoms. The molecule has 1 aliphatic rings. The monoisotopic (exact) mass is 458 g/mol. The van der Waals surface area contributed by atoms with Crippen LogP contribution < -0.4 is 18.9 Å². The molecule has 7 nitrogen and oxygen atoms in total. The number of methoxy groups -OCH3 is 3. The summed E-state index contributed by atoms with van der Waals surface area (Å²) in [5.74, 6) is 2.56. The Morgan fingerprint density at radius 3 is 2.21 bits per heavy atom. The summed E-state index contributed by atoms with van der Waals surface area (Å²) in [6.07, 6.45) is 0.677. The van der Waals surface area contributed by atoms with Crippen molar-refractivity contribution in [1.82, 2.24) is 4.90 Å². The van der Waals surface area contributed by atoms with E-state index in [2.05, 4.69) is 6.07 Å². The van der Waals surface area contributed by atoms with Crippen LogP contribution in [0.5, 0.6) is 23.0 Å². The van der Waals surface area contributed by atoms with Crippen molar-refractivity contribution in [3.63, 3.8) is 0 Å². The Bertz CT molecular complexity index is 1200. The number of carbonyl (C=O) groups excluding carboxylic acids is 1. The zero-order chi connectivity index (χ0) is 24.1. The maximum Gasteiger partial charge on any atom is 0.254 e. The van der Waals surface area contributed by atoms with Gasteiger partial charge in [0.1, 0.15) is 18.1 Å². The first-order chi connectivity index (χ1) is 16.6. The first-order valence-corrected chi connectivity index (χ1v) is 10.9. The van der Waals surface area contributed by atoms with Gasteiger partial charge in [0.25, 0.3) is 5.91 Å². The summed E-state index contributed by atoms with van der Waals surface area (Å²) in [6, 6.07) is 19.7. The van der Waals surface area contributed by atoms with Crippen LogP contribution in [-0.2, 0) is 6.42 Å². The van der Waals surface area contributed by atoms with Crippen molar-refractivity contribution in [1.29, 1.82) is 5.26 Å². The summed E-state index contributed by atoms with van der Waals surface area (Å²) >= 11 is 0. The lowest BCUT2D eigenvalue weighted by Gasteiger charge is -2.37. The molecule has 34 heavy (non-hydrogen) atoms. The second-order valence-corrected chi connectivity index (χ2v) is 7.85. The lowest BCUT2D eigenvalue weighted by molar-refractivity contribution is 0.0589. The van der Waals surface area contributed by atoms with Crippen LogP contribution >= 0.6 is 0 Å². The standard InChI is InChI=1S/C27H26N2O5/c1-31-21-8-10-22(11-9-21)34-17-24-23-15-26(33-3)25(32-2)14-20(23)12-13-29(24)27(30)19-6-4-18(16-28)5-7-19/h4-11,14-15,24H,12-13,17H2,1-3H3. The first-order valence-electron chi connectivity index (χ1n) is 10.9. The van der Waals surface area contributed by atoms with E-state index >= 15 is 0 Å². The molecule has 0 fully saturated rings. The molecular weight excluding hydrogens is 432 g/mol. The molecule has 0 saturated heterocycles. The van der Waals surface area contributed by atoms with E-state index in [1.807, 2.05) is 41.3 Å². The number of benzene rings is 3. The number of amides is 1. The average molecular weight is 459 g/mol. The van der Waals surface area contributed by atoms with E-state index in [0.717, 1.165) is 16.9 Å². The van der Waals surface area contributed by atoms with Crippen molar-refractivity contribution < 1.29 is 23.7 Å². The largest absolute Gasteiger partial charge is 0.497 e. The van der Waals surface area contributed by atoms with E-state index < -0.39 is 0 Å². The maximum absolute atomic E-state index is 13.5. The van der Waals surface area contributed by atoms with Crippen molar-refractivity contribution in [2.45, 2.75) is 12.5 Å². The Hall–Kier alpha value is -4.18. The van der Waals surface area contributed by atoms with E-state index in [-0.39, 0.29) is 18.6 Å². The van der Waals surface area contributed by atoms with Crippen LogP contribution in [0.3, 0.4) is 0 Å². The van der Waals surface area contributed by atoms with Crippen molar-refractivity contribution in [3.05, 3.63) is 82.9 Å². The highest BCUT2D eigenvalue weighted by molar-refractivity contribution is 5.94. The summed E-state index contributed by atoms with van der Waals surface area (Å²) in [6.45, 7) is 0.786. The number of hydrogen-bond acceptors (Lipinski definition) is 6. The summed E-state index contributed by atoms with van der Waals surface area (Å²) in [5, 5.41) is 9.08. The SMILES string of the molecule is COc1ccc(OCC2c3cc(OC)c(OC)cc3CCN2C(=O)c2ccc(C#N)cc2)cc1. The zero-order valence-corrected chi connectivity index (χ0v) is 19.4. The highest BCUT2D eigenvalue weighted by Gasteiger charge is 2.33. The van der Waals surface area contributed by atoms with E-state index in [4.69, 9.17) is 24.2 Å². The van der Waals surface area contributed by atoms with Crippen LogP contribution in [0.2, 0.25) is 0 Å². The Balaban J connectivity index is 1.68. The number of ether oxygens (including phenoxy) is 4. The minimum atomic E-state index is -0.339. The second kappa shape index (κ2) is 10.2. The number of hydrogen-bond donors (Lipinski definition) is 0. The van der Waals surface area contributed by atoms with Gasteiger partial charge in [-0.2, -0.15) is 5.26 Å². The minimum absolute atomic E-state index is 0.117. The summed E-state index contributed by atoms with van der Waals surface area (Å²) in [4.78, 5) is 15.3. The van der Waals surface area contributed by atoms with Crippen LogP contribution in [0, 0.1) is 11.3 Å². The molecule has 0 aliphatic carbocycles. The van der Waals surface area contributed by atoms with E-state index in [1.165, 1.54) is 0 Å². The fourth-order valence-electron chi connectivity index (χ4n) is 4.15. The molecular formula is C27H26N2O5. The molecule has 3 aromatic carbocycles. The van der Waals surface area contributed by atoms with Crippen LogP contribution in [-0.4, -0.2) is 45.3 Å². The molecule has 0 N–H and O–H groups in total. The number of nitrogens with zero attached hydrogens (tertiary/aromatic N) is 2. The third-order valence-corrected chi connectivity index (χ3v) is 5.99. The fourth-order valence-corrected chi connectivity index (χ4v) is 4.15. The molecule has 0 aromatic heterocycles. The number of carbonyl (C=O) groups is 1. The number of rotatable bonds is 7. The Morgan fingerprint density at radius 2 is 1.59 bits per heavy atom. The lowest BCUT2D eigenvalue weighted by Crippen LogP contribution is -2.42. The molecule has 1 aliphatic heterocycles. The molecule has 1 amide bonds. The molecule has 1 unspecified atom stereocenters. The highest BCUT2D eigenvalue weighted by atomic mass is 16.5. The van der Waals surface area contributed by atoms with Crippen LogP contribution in [0.25, 0.3) is 0 Å². The zero-order valence-electron chi connectivity index (χ0n) is 19.4. The van der Waals surface area contributed by atoms with Gasteiger partial charge >= 0.3 is 0 Å². The van der Waals surface area contributed by atoms with Gasteiger partial charge in [-0.25, -0.2) is 0 Å². The first kappa shape index (κ1) is 23.0. The second-order valence-electron chi connectivity index (χ2n) is 7.85. The van der Waals surface area contributed by atoms with Gasteiger partial charge in [0.15, 0.2) is 11.5 Å². The molecule has 7 heteroatoms. The molecule has 4 rings (SSSR count). The normalized spacial score (nSPS) is 14.5. The third kappa shape index (κ3) is 4.62. The Kier molecular flexibility index (Phi) is 6.88. The number of fused-ring (bicyclic) bond motifs is 1. The van der Waals surface area contributed by atoms with Gasteiger partial charge in [-0.3, -0.25) is 4.79 Å². The summed E-state index contributed by atoms with van der Waals surface area (Å²) in [5.41, 5.74) is 3.08. The Morgan fingerprint density at radius 1 is 0.941 bits per heavy atom. The van der Waals surface area contributed by atoms with Gasteiger partial charge in [-0.15, -0.1) is 0 Å². The average Bonchev–Trinajstić information content (AvgIpc) is 2.90. The quantitative estimate of drug-likeness (QED) is 0.522. The van der Waals surface area contributed by atoms with Crippen LogP contribution in [0.4, 0.5) is 0 Å². The topological polar surface area (TPSA) is 81.0 Å². The molecule has 174 valence electrons. The molecule has 1 heterocycles. The smallest absolute Gasteiger partial charge is 0.254 e. The van der Waals surface area contributed by atoms with Gasteiger partial charge in [0.05, 0.1) is 39.0 Å². The summed E-state index contributed by atoms with van der Waals surface area (Å²) < 4.78 is 22.3. The van der Waals surface area contributed by atoms with Crippen molar-refractivity contribution in [2.24, 2.45) is 0 Å². The maximum atomic E-state index is 13.5. The predicted octanol–water partition coefficient (Wildman–Crippen LogP) is 4.40. The van der Waals surface area contributed by atoms with Gasteiger partial charge in [-0.05, 0) is 78.2 Å². The molecule has 0 saturated carbocycles. The predicted molar refractivity (Wildman–Crippen MR) is 127 cm³/mol. The molecule has 1 atom stereocenters. The summed E-state index contributed by atoms with van der Waals surface area (Å²) in [7, 11) is 4.82. The third-order valence-electron chi connectivity index (χ3n) is 5.99. The van der Waals surface area contributed by atoms with E-state index in [0.29, 0.717) is 41.3 Å². The van der Waals surface area contributed by atoms with Crippen LogP contribution in [0.15, 0.2) is 60.7 Å². The van der Waals surface area contributed by atoms with Gasteiger partial charge in [0, 0.05) is 12.1 Å².